The van der Waals surface area contributed by atoms with Crippen LogP contribution >= 0.6 is 0 Å². The molecule has 2 aromatic rings. The number of aromatic hydroxyl groups is 2. The molecule has 0 bridgehead atoms. The molecule has 0 aliphatic heterocycles. The van der Waals surface area contributed by atoms with Gasteiger partial charge in [0.15, 0.2) is 0 Å². The van der Waals surface area contributed by atoms with Gasteiger partial charge in [-0.1, -0.05) is 57.2 Å². The van der Waals surface area contributed by atoms with Crippen molar-refractivity contribution in [3.05, 3.63) is 53.6 Å². The Morgan fingerprint density at radius 3 is 2.36 bits per heavy atom. The molecule has 2 aromatic carbocycles. The van der Waals surface area contributed by atoms with Crippen LogP contribution in [0, 0.1) is 0 Å². The first-order valence-electron chi connectivity index (χ1n) is 9.03. The lowest BCUT2D eigenvalue weighted by Crippen LogP contribution is -2.12. The lowest BCUT2D eigenvalue weighted by atomic mass is 10.0. The maximum Gasteiger partial charge on any atom is 0.259 e. The second-order valence-corrected chi connectivity index (χ2v) is 6.34. The Kier molecular flexibility index (Phi) is 7.33. The second kappa shape index (κ2) is 9.72. The molecule has 0 unspecified atom stereocenters. The Balaban J connectivity index is 1.90. The van der Waals surface area contributed by atoms with Gasteiger partial charge in [-0.3, -0.25) is 4.79 Å². The highest BCUT2D eigenvalue weighted by Crippen LogP contribution is 2.25. The quantitative estimate of drug-likeness (QED) is 0.431. The first-order valence-corrected chi connectivity index (χ1v) is 9.03. The largest absolute Gasteiger partial charge is 0.507 e. The summed E-state index contributed by atoms with van der Waals surface area (Å²) in [6, 6.07) is 11.7. The van der Waals surface area contributed by atoms with E-state index in [-0.39, 0.29) is 17.1 Å². The number of amides is 1. The van der Waals surface area contributed by atoms with Gasteiger partial charge in [0, 0.05) is 0 Å². The molecule has 0 aromatic heterocycles. The van der Waals surface area contributed by atoms with Crippen molar-refractivity contribution in [3.63, 3.8) is 0 Å². The van der Waals surface area contributed by atoms with Gasteiger partial charge in [-0.05, 0) is 42.7 Å². The fraction of sp³-hybridized carbons (Fsp3) is 0.381. The molecule has 0 saturated heterocycles. The number of anilines is 1. The number of unbranched alkanes of at least 4 members (excludes halogenated alkanes) is 5. The summed E-state index contributed by atoms with van der Waals surface area (Å²) >= 11 is 0. The Labute approximate surface area is 149 Å². The van der Waals surface area contributed by atoms with E-state index in [1.807, 2.05) is 6.07 Å². The number of hydrogen-bond acceptors (Lipinski definition) is 3. The predicted molar refractivity (Wildman–Crippen MR) is 101 cm³/mol. The minimum atomic E-state index is -0.440. The molecule has 0 fully saturated rings. The first kappa shape index (κ1) is 18.8. The zero-order chi connectivity index (χ0) is 18.1. The van der Waals surface area contributed by atoms with Crippen LogP contribution in [0.25, 0.3) is 0 Å². The maximum atomic E-state index is 12.3. The molecule has 1 amide bonds. The molecule has 0 saturated carbocycles. The van der Waals surface area contributed by atoms with Crippen LogP contribution in [-0.4, -0.2) is 16.1 Å². The van der Waals surface area contributed by atoms with Crippen molar-refractivity contribution in [2.45, 2.75) is 51.9 Å². The van der Waals surface area contributed by atoms with Gasteiger partial charge in [0.2, 0.25) is 0 Å². The number of carbonyl (C=O) groups is 1. The predicted octanol–water partition coefficient (Wildman–Crippen LogP) is 5.25. The summed E-state index contributed by atoms with van der Waals surface area (Å²) in [4.78, 5) is 12.3. The summed E-state index contributed by atoms with van der Waals surface area (Å²) in [6.07, 6.45) is 8.26. The van der Waals surface area contributed by atoms with E-state index in [0.29, 0.717) is 5.69 Å². The first-order chi connectivity index (χ1) is 12.1. The number of carbonyl (C=O) groups excluding carboxylic acids is 1. The topological polar surface area (TPSA) is 69.6 Å². The summed E-state index contributed by atoms with van der Waals surface area (Å²) in [6.45, 7) is 2.21. The van der Waals surface area contributed by atoms with Crippen LogP contribution in [0.1, 0.15) is 61.4 Å². The molecule has 0 heterocycles. The van der Waals surface area contributed by atoms with E-state index in [4.69, 9.17) is 0 Å². The molecule has 0 radical (unpaired) electrons. The number of hydrogen-bond donors (Lipinski definition) is 3. The highest BCUT2D eigenvalue weighted by atomic mass is 16.3. The molecular formula is C21H27NO3. The fourth-order valence-electron chi connectivity index (χ4n) is 2.80. The van der Waals surface area contributed by atoms with E-state index in [1.54, 1.807) is 30.3 Å². The number of benzene rings is 2. The lowest BCUT2D eigenvalue weighted by Gasteiger charge is -2.10. The Hall–Kier alpha value is -2.49. The molecule has 25 heavy (non-hydrogen) atoms. The molecular weight excluding hydrogens is 314 g/mol. The summed E-state index contributed by atoms with van der Waals surface area (Å²) in [5.74, 6) is -0.475. The van der Waals surface area contributed by atoms with Crippen LogP contribution < -0.4 is 5.32 Å². The van der Waals surface area contributed by atoms with E-state index >= 15 is 0 Å². The van der Waals surface area contributed by atoms with Crippen LogP contribution in [0.5, 0.6) is 11.5 Å². The van der Waals surface area contributed by atoms with E-state index in [0.717, 1.165) is 18.4 Å². The smallest absolute Gasteiger partial charge is 0.259 e. The average Bonchev–Trinajstić information content (AvgIpc) is 2.60. The summed E-state index contributed by atoms with van der Waals surface area (Å²) in [5, 5.41) is 22.5. The highest BCUT2D eigenvalue weighted by molar-refractivity contribution is 6.06. The third kappa shape index (κ3) is 5.82. The molecule has 4 heteroatoms. The van der Waals surface area contributed by atoms with Crippen LogP contribution in [0.3, 0.4) is 0 Å². The second-order valence-electron chi connectivity index (χ2n) is 6.34. The number of aryl methyl sites for hydroxylation is 1. The summed E-state index contributed by atoms with van der Waals surface area (Å²) in [5.41, 5.74) is 1.56. The fourth-order valence-corrected chi connectivity index (χ4v) is 2.80. The van der Waals surface area contributed by atoms with Crippen LogP contribution in [0.4, 0.5) is 5.69 Å². The summed E-state index contributed by atoms with van der Waals surface area (Å²) < 4.78 is 0. The number of para-hydroxylation sites is 2. The van der Waals surface area contributed by atoms with Crippen molar-refractivity contribution in [2.75, 3.05) is 5.32 Å². The molecule has 0 aliphatic carbocycles. The SMILES string of the molecule is CCCCCCCCc1ccc(C(=O)Nc2ccccc2O)c(O)c1. The van der Waals surface area contributed by atoms with Gasteiger partial charge in [-0.25, -0.2) is 0 Å². The van der Waals surface area contributed by atoms with Crippen molar-refractivity contribution in [2.24, 2.45) is 0 Å². The van der Waals surface area contributed by atoms with Gasteiger partial charge in [0.25, 0.3) is 5.91 Å². The van der Waals surface area contributed by atoms with Gasteiger partial charge in [-0.15, -0.1) is 0 Å². The normalized spacial score (nSPS) is 10.6. The van der Waals surface area contributed by atoms with E-state index in [2.05, 4.69) is 12.2 Å². The van der Waals surface area contributed by atoms with Gasteiger partial charge in [0.1, 0.15) is 11.5 Å². The number of phenolic OH excluding ortho intramolecular Hbond substituents is 2. The Morgan fingerprint density at radius 2 is 1.64 bits per heavy atom. The number of rotatable bonds is 9. The molecule has 0 atom stereocenters. The van der Waals surface area contributed by atoms with Gasteiger partial charge in [0.05, 0.1) is 11.3 Å². The molecule has 0 spiro atoms. The van der Waals surface area contributed by atoms with Crippen molar-refractivity contribution >= 4 is 11.6 Å². The van der Waals surface area contributed by atoms with E-state index < -0.39 is 5.91 Å². The van der Waals surface area contributed by atoms with E-state index in [9.17, 15) is 15.0 Å². The third-order valence-electron chi connectivity index (χ3n) is 4.28. The van der Waals surface area contributed by atoms with Crippen molar-refractivity contribution < 1.29 is 15.0 Å². The standard InChI is InChI=1S/C21H27NO3/c1-2-3-4-5-6-7-10-16-13-14-17(20(24)15-16)21(25)22-18-11-8-9-12-19(18)23/h8-9,11-15,23-24H,2-7,10H2,1H3,(H,22,25). The Morgan fingerprint density at radius 1 is 0.920 bits per heavy atom. The zero-order valence-electron chi connectivity index (χ0n) is 14.8. The minimum Gasteiger partial charge on any atom is -0.507 e. The van der Waals surface area contributed by atoms with Gasteiger partial charge < -0.3 is 15.5 Å². The monoisotopic (exact) mass is 341 g/mol. The summed E-state index contributed by atoms with van der Waals surface area (Å²) in [7, 11) is 0. The van der Waals surface area contributed by atoms with Crippen LogP contribution in [0.15, 0.2) is 42.5 Å². The maximum absolute atomic E-state index is 12.3. The van der Waals surface area contributed by atoms with Gasteiger partial charge >= 0.3 is 0 Å². The minimum absolute atomic E-state index is 0.00460. The number of nitrogens with one attached hydrogen (secondary N) is 1. The highest BCUT2D eigenvalue weighted by Gasteiger charge is 2.13. The van der Waals surface area contributed by atoms with Crippen molar-refractivity contribution in [1.82, 2.24) is 0 Å². The van der Waals surface area contributed by atoms with Gasteiger partial charge in [-0.2, -0.15) is 0 Å². The van der Waals surface area contributed by atoms with E-state index in [1.165, 1.54) is 38.2 Å². The zero-order valence-corrected chi connectivity index (χ0v) is 14.8. The number of phenols is 2. The molecule has 0 aliphatic rings. The molecule has 2 rings (SSSR count). The van der Waals surface area contributed by atoms with Crippen LogP contribution in [-0.2, 0) is 6.42 Å². The van der Waals surface area contributed by atoms with Crippen LogP contribution in [0.2, 0.25) is 0 Å². The molecule has 3 N–H and O–H groups in total. The van der Waals surface area contributed by atoms with Crippen molar-refractivity contribution in [1.29, 1.82) is 0 Å². The van der Waals surface area contributed by atoms with Crippen molar-refractivity contribution in [3.8, 4) is 11.5 Å². The molecule has 134 valence electrons. The third-order valence-corrected chi connectivity index (χ3v) is 4.28. The average molecular weight is 341 g/mol. The lowest BCUT2D eigenvalue weighted by molar-refractivity contribution is 0.102. The Bertz CT molecular complexity index is 697. The molecule has 4 nitrogen and oxygen atoms in total.